The largest absolute Gasteiger partial charge is 0.330 e. The molecule has 0 radical (unpaired) electrons. The van der Waals surface area contributed by atoms with E-state index in [9.17, 15) is 4.79 Å². The van der Waals surface area contributed by atoms with Crippen LogP contribution in [0.1, 0.15) is 18.9 Å². The Balaban J connectivity index is 1.88. The van der Waals surface area contributed by atoms with Crippen molar-refractivity contribution in [2.75, 3.05) is 31.5 Å². The van der Waals surface area contributed by atoms with Gasteiger partial charge < -0.3 is 11.1 Å². The second-order valence-electron chi connectivity index (χ2n) is 5.84. The van der Waals surface area contributed by atoms with E-state index in [1.165, 1.54) is 0 Å². The molecule has 0 bridgehead atoms. The van der Waals surface area contributed by atoms with Gasteiger partial charge in [0.1, 0.15) is 0 Å². The maximum Gasteiger partial charge on any atom is 0.238 e. The highest BCUT2D eigenvalue weighted by molar-refractivity contribution is 5.92. The molecule has 1 amide bonds. The van der Waals surface area contributed by atoms with Crippen molar-refractivity contribution >= 4 is 11.6 Å². The summed E-state index contributed by atoms with van der Waals surface area (Å²) in [5, 5.41) is 2.97. The summed E-state index contributed by atoms with van der Waals surface area (Å²) in [7, 11) is 0. The van der Waals surface area contributed by atoms with E-state index in [2.05, 4.69) is 17.1 Å². The maximum atomic E-state index is 12.0. The zero-order valence-corrected chi connectivity index (χ0v) is 11.8. The third kappa shape index (κ3) is 3.55. The van der Waals surface area contributed by atoms with Crippen molar-refractivity contribution in [3.8, 4) is 0 Å². The summed E-state index contributed by atoms with van der Waals surface area (Å²) in [5.74, 6) is 0.0515. The van der Waals surface area contributed by atoms with Crippen LogP contribution in [0.4, 0.5) is 5.69 Å². The van der Waals surface area contributed by atoms with E-state index in [0.717, 1.165) is 30.8 Å². The van der Waals surface area contributed by atoms with Crippen LogP contribution in [0, 0.1) is 12.3 Å². The summed E-state index contributed by atoms with van der Waals surface area (Å²) in [6, 6.07) is 7.83. The standard InChI is InChI=1S/C15H23N3O/c1-12-5-3-4-6-13(12)17-14(19)9-18-8-7-15(2,10-16)11-18/h3-6H,7-11,16H2,1-2H3,(H,17,19). The molecule has 1 saturated heterocycles. The summed E-state index contributed by atoms with van der Waals surface area (Å²) >= 11 is 0. The predicted molar refractivity (Wildman–Crippen MR) is 78.0 cm³/mol. The fourth-order valence-corrected chi connectivity index (χ4v) is 2.53. The molecule has 0 spiro atoms. The van der Waals surface area contributed by atoms with Crippen LogP contribution < -0.4 is 11.1 Å². The molecular formula is C15H23N3O. The number of hydrogen-bond donors (Lipinski definition) is 2. The molecule has 104 valence electrons. The fourth-order valence-electron chi connectivity index (χ4n) is 2.53. The highest BCUT2D eigenvalue weighted by Crippen LogP contribution is 2.28. The van der Waals surface area contributed by atoms with Crippen LogP contribution in [0.5, 0.6) is 0 Å². The molecule has 1 aromatic carbocycles. The lowest BCUT2D eigenvalue weighted by atomic mass is 9.90. The zero-order chi connectivity index (χ0) is 13.9. The molecule has 4 heteroatoms. The third-order valence-corrected chi connectivity index (χ3v) is 3.92. The van der Waals surface area contributed by atoms with E-state index < -0.39 is 0 Å². The summed E-state index contributed by atoms with van der Waals surface area (Å²) in [6.07, 6.45) is 1.07. The number of nitrogens with one attached hydrogen (secondary N) is 1. The van der Waals surface area contributed by atoms with Crippen molar-refractivity contribution < 1.29 is 4.79 Å². The van der Waals surface area contributed by atoms with E-state index >= 15 is 0 Å². The zero-order valence-electron chi connectivity index (χ0n) is 11.8. The van der Waals surface area contributed by atoms with E-state index in [-0.39, 0.29) is 11.3 Å². The van der Waals surface area contributed by atoms with Gasteiger partial charge in [0.05, 0.1) is 6.54 Å². The Morgan fingerprint density at radius 3 is 2.84 bits per heavy atom. The van der Waals surface area contributed by atoms with Gasteiger partial charge in [-0.15, -0.1) is 0 Å². The van der Waals surface area contributed by atoms with E-state index in [1.54, 1.807) is 0 Å². The maximum absolute atomic E-state index is 12.0. The van der Waals surface area contributed by atoms with Crippen molar-refractivity contribution in [1.29, 1.82) is 0 Å². The molecule has 1 aliphatic rings. The Morgan fingerprint density at radius 1 is 1.47 bits per heavy atom. The normalized spacial score (nSPS) is 23.5. The number of nitrogens with two attached hydrogens (primary N) is 1. The Morgan fingerprint density at radius 2 is 2.21 bits per heavy atom. The number of para-hydroxylation sites is 1. The van der Waals surface area contributed by atoms with Crippen LogP contribution >= 0.6 is 0 Å². The number of benzene rings is 1. The van der Waals surface area contributed by atoms with Gasteiger partial charge in [-0.05, 0) is 43.5 Å². The molecule has 0 aromatic heterocycles. The van der Waals surface area contributed by atoms with Crippen LogP contribution in [0.2, 0.25) is 0 Å². The molecule has 4 nitrogen and oxygen atoms in total. The number of aryl methyl sites for hydroxylation is 1. The number of amides is 1. The minimum absolute atomic E-state index is 0.0515. The molecule has 1 aliphatic heterocycles. The highest BCUT2D eigenvalue weighted by Gasteiger charge is 2.33. The Labute approximate surface area is 115 Å². The number of rotatable bonds is 4. The molecule has 1 atom stereocenters. The van der Waals surface area contributed by atoms with Crippen molar-refractivity contribution in [2.24, 2.45) is 11.1 Å². The molecule has 1 aromatic rings. The highest BCUT2D eigenvalue weighted by atomic mass is 16.2. The van der Waals surface area contributed by atoms with Gasteiger partial charge in [-0.1, -0.05) is 25.1 Å². The molecular weight excluding hydrogens is 238 g/mol. The topological polar surface area (TPSA) is 58.4 Å². The number of anilines is 1. The minimum Gasteiger partial charge on any atom is -0.330 e. The summed E-state index contributed by atoms with van der Waals surface area (Å²) in [5.41, 5.74) is 7.93. The van der Waals surface area contributed by atoms with Gasteiger partial charge in [-0.3, -0.25) is 9.69 Å². The smallest absolute Gasteiger partial charge is 0.238 e. The van der Waals surface area contributed by atoms with Gasteiger partial charge >= 0.3 is 0 Å². The molecule has 1 unspecified atom stereocenters. The first-order valence-electron chi connectivity index (χ1n) is 6.80. The van der Waals surface area contributed by atoms with Crippen molar-refractivity contribution in [2.45, 2.75) is 20.3 Å². The van der Waals surface area contributed by atoms with Gasteiger partial charge in [-0.25, -0.2) is 0 Å². The molecule has 19 heavy (non-hydrogen) atoms. The number of carbonyl (C=O) groups excluding carboxylic acids is 1. The molecule has 3 N–H and O–H groups in total. The van der Waals surface area contributed by atoms with Crippen molar-refractivity contribution in [3.05, 3.63) is 29.8 Å². The summed E-state index contributed by atoms with van der Waals surface area (Å²) < 4.78 is 0. The number of carbonyl (C=O) groups is 1. The van der Waals surface area contributed by atoms with E-state index in [4.69, 9.17) is 5.73 Å². The SMILES string of the molecule is Cc1ccccc1NC(=O)CN1CCC(C)(CN)C1. The van der Waals surface area contributed by atoms with Crippen molar-refractivity contribution in [3.63, 3.8) is 0 Å². The predicted octanol–water partition coefficient (Wildman–Crippen LogP) is 1.60. The van der Waals surface area contributed by atoms with Crippen LogP contribution in [0.15, 0.2) is 24.3 Å². The first-order valence-corrected chi connectivity index (χ1v) is 6.80. The number of hydrogen-bond acceptors (Lipinski definition) is 3. The van der Waals surface area contributed by atoms with E-state index in [0.29, 0.717) is 13.1 Å². The van der Waals surface area contributed by atoms with Gasteiger partial charge in [0.15, 0.2) is 0 Å². The van der Waals surface area contributed by atoms with E-state index in [1.807, 2.05) is 31.2 Å². The van der Waals surface area contributed by atoms with Crippen molar-refractivity contribution in [1.82, 2.24) is 4.90 Å². The quantitative estimate of drug-likeness (QED) is 0.865. The van der Waals surface area contributed by atoms with Gasteiger partial charge in [-0.2, -0.15) is 0 Å². The Kier molecular flexibility index (Phi) is 4.22. The lowest BCUT2D eigenvalue weighted by Crippen LogP contribution is -2.35. The van der Waals surface area contributed by atoms with Crippen LogP contribution in [-0.2, 0) is 4.79 Å². The van der Waals surface area contributed by atoms with Crippen LogP contribution in [0.25, 0.3) is 0 Å². The van der Waals surface area contributed by atoms with Crippen LogP contribution in [-0.4, -0.2) is 37.0 Å². The molecule has 1 fully saturated rings. The van der Waals surface area contributed by atoms with Crippen LogP contribution in [0.3, 0.4) is 0 Å². The number of nitrogens with zero attached hydrogens (tertiary/aromatic N) is 1. The first kappa shape index (κ1) is 14.0. The third-order valence-electron chi connectivity index (χ3n) is 3.92. The second-order valence-corrected chi connectivity index (χ2v) is 5.84. The Hall–Kier alpha value is -1.39. The lowest BCUT2D eigenvalue weighted by Gasteiger charge is -2.22. The lowest BCUT2D eigenvalue weighted by molar-refractivity contribution is -0.117. The van der Waals surface area contributed by atoms with Gasteiger partial charge in [0.2, 0.25) is 5.91 Å². The first-order chi connectivity index (χ1) is 9.02. The van der Waals surface area contributed by atoms with Gasteiger partial charge in [0, 0.05) is 12.2 Å². The molecule has 0 saturated carbocycles. The molecule has 0 aliphatic carbocycles. The molecule has 1 heterocycles. The fraction of sp³-hybridized carbons (Fsp3) is 0.533. The summed E-state index contributed by atoms with van der Waals surface area (Å²) in [6.45, 7) is 7.18. The second kappa shape index (κ2) is 5.72. The molecule has 2 rings (SSSR count). The number of likely N-dealkylation sites (tertiary alicyclic amines) is 1. The average molecular weight is 261 g/mol. The summed E-state index contributed by atoms with van der Waals surface area (Å²) in [4.78, 5) is 14.2. The Bertz CT molecular complexity index is 460. The minimum atomic E-state index is 0.0515. The monoisotopic (exact) mass is 261 g/mol. The average Bonchev–Trinajstić information content (AvgIpc) is 2.74. The van der Waals surface area contributed by atoms with Gasteiger partial charge in [0.25, 0.3) is 0 Å².